The maximum absolute atomic E-state index is 5.50. The lowest BCUT2D eigenvalue weighted by Crippen LogP contribution is -2.25. The molecule has 0 spiro atoms. The highest BCUT2D eigenvalue weighted by atomic mass is 15.1. The molecule has 1 fully saturated rings. The molecule has 82 valence electrons. The molecule has 0 bridgehead atoms. The van der Waals surface area contributed by atoms with Crippen molar-refractivity contribution in [1.29, 1.82) is 0 Å². The molecule has 0 aromatic carbocycles. The Labute approximate surface area is 88.2 Å². The Morgan fingerprint density at radius 3 is 2.93 bits per heavy atom. The first-order valence-electron chi connectivity index (χ1n) is 5.97. The molecule has 2 heteroatoms. The van der Waals surface area contributed by atoms with E-state index >= 15 is 0 Å². The van der Waals surface area contributed by atoms with Crippen LogP contribution in [0.1, 0.15) is 39.0 Å². The Bertz CT molecular complexity index is 175. The largest absolute Gasteiger partial charge is 0.330 e. The van der Waals surface area contributed by atoms with Gasteiger partial charge in [0.2, 0.25) is 0 Å². The van der Waals surface area contributed by atoms with E-state index in [1.807, 2.05) is 0 Å². The predicted octanol–water partition coefficient (Wildman–Crippen LogP) is 2.16. The van der Waals surface area contributed by atoms with E-state index in [1.165, 1.54) is 45.3 Å². The van der Waals surface area contributed by atoms with E-state index in [1.54, 1.807) is 5.57 Å². The fraction of sp³-hybridized carbons (Fsp3) is 0.833. The van der Waals surface area contributed by atoms with E-state index in [9.17, 15) is 0 Å². The van der Waals surface area contributed by atoms with E-state index in [2.05, 4.69) is 17.9 Å². The Morgan fingerprint density at radius 1 is 1.36 bits per heavy atom. The van der Waals surface area contributed by atoms with Gasteiger partial charge in [-0.25, -0.2) is 0 Å². The third-order valence-electron chi connectivity index (χ3n) is 2.86. The van der Waals surface area contributed by atoms with Crippen molar-refractivity contribution in [3.05, 3.63) is 11.6 Å². The summed E-state index contributed by atoms with van der Waals surface area (Å²) in [6.45, 7) is 6.86. The molecule has 1 rings (SSSR count). The number of nitrogens with zero attached hydrogens (tertiary/aromatic N) is 1. The Kier molecular flexibility index (Phi) is 5.88. The Hall–Kier alpha value is -0.340. The molecule has 1 saturated heterocycles. The number of nitrogens with two attached hydrogens (primary N) is 1. The smallest absolute Gasteiger partial charge is 0.00186 e. The molecule has 2 N–H and O–H groups in total. The fourth-order valence-corrected chi connectivity index (χ4v) is 2.10. The molecule has 1 aliphatic heterocycles. The quantitative estimate of drug-likeness (QED) is 0.698. The topological polar surface area (TPSA) is 29.3 Å². The van der Waals surface area contributed by atoms with Gasteiger partial charge in [-0.2, -0.15) is 0 Å². The van der Waals surface area contributed by atoms with Gasteiger partial charge < -0.3 is 10.6 Å². The van der Waals surface area contributed by atoms with Crippen LogP contribution in [0.5, 0.6) is 0 Å². The lowest BCUT2D eigenvalue weighted by molar-refractivity contribution is 0.287. The van der Waals surface area contributed by atoms with Crippen molar-refractivity contribution in [2.45, 2.75) is 39.0 Å². The Morgan fingerprint density at radius 2 is 2.21 bits per heavy atom. The van der Waals surface area contributed by atoms with Crippen LogP contribution in [-0.4, -0.2) is 31.1 Å². The summed E-state index contributed by atoms with van der Waals surface area (Å²) in [7, 11) is 0. The minimum absolute atomic E-state index is 0.794. The first-order valence-corrected chi connectivity index (χ1v) is 5.97. The molecule has 2 nitrogen and oxygen atoms in total. The summed E-state index contributed by atoms with van der Waals surface area (Å²) in [6, 6.07) is 0. The Balaban J connectivity index is 2.32. The van der Waals surface area contributed by atoms with Crippen molar-refractivity contribution in [2.75, 3.05) is 26.2 Å². The first kappa shape index (κ1) is 11.7. The maximum atomic E-state index is 5.50. The average Bonchev–Trinajstić information content (AvgIpc) is 2.41. The summed E-state index contributed by atoms with van der Waals surface area (Å²) in [5.41, 5.74) is 7.14. The van der Waals surface area contributed by atoms with E-state index in [4.69, 9.17) is 5.73 Å². The van der Waals surface area contributed by atoms with Gasteiger partial charge in [0.15, 0.2) is 0 Å². The molecule has 1 aliphatic rings. The van der Waals surface area contributed by atoms with E-state index < -0.39 is 0 Å². The van der Waals surface area contributed by atoms with Crippen molar-refractivity contribution in [3.8, 4) is 0 Å². The van der Waals surface area contributed by atoms with Crippen LogP contribution in [0, 0.1) is 0 Å². The highest BCUT2D eigenvalue weighted by molar-refractivity contribution is 5.04. The van der Waals surface area contributed by atoms with Crippen LogP contribution in [0.25, 0.3) is 0 Å². The SMILES string of the molecule is CCCN1CCCC(=CCCN)CC1. The molecule has 1 heterocycles. The minimum atomic E-state index is 0.794. The van der Waals surface area contributed by atoms with Gasteiger partial charge in [0, 0.05) is 6.54 Å². The summed E-state index contributed by atoms with van der Waals surface area (Å²) in [6.07, 6.45) is 8.58. The molecule has 0 amide bonds. The molecule has 0 unspecified atom stereocenters. The van der Waals surface area contributed by atoms with Crippen LogP contribution in [0.2, 0.25) is 0 Å². The van der Waals surface area contributed by atoms with E-state index in [-0.39, 0.29) is 0 Å². The molecule has 0 atom stereocenters. The second kappa shape index (κ2) is 7.02. The van der Waals surface area contributed by atoms with E-state index in [0.29, 0.717) is 0 Å². The van der Waals surface area contributed by atoms with Crippen molar-refractivity contribution in [3.63, 3.8) is 0 Å². The standard InChI is InChI=1S/C12H24N2/c1-2-9-14-10-4-6-12(7-11-14)5-3-8-13/h5H,2-4,6-11,13H2,1H3. The molecule has 0 aromatic rings. The molecule has 0 aliphatic carbocycles. The van der Waals surface area contributed by atoms with Crippen LogP contribution in [-0.2, 0) is 0 Å². The van der Waals surface area contributed by atoms with Gasteiger partial charge in [0.1, 0.15) is 0 Å². The second-order valence-corrected chi connectivity index (χ2v) is 4.13. The fourth-order valence-electron chi connectivity index (χ4n) is 2.10. The summed E-state index contributed by atoms with van der Waals surface area (Å²) in [4.78, 5) is 2.59. The monoisotopic (exact) mass is 196 g/mol. The van der Waals surface area contributed by atoms with Crippen LogP contribution in [0.4, 0.5) is 0 Å². The normalized spacial score (nSPS) is 22.6. The summed E-state index contributed by atoms with van der Waals surface area (Å²) in [5.74, 6) is 0. The lowest BCUT2D eigenvalue weighted by Gasteiger charge is -2.17. The number of hydrogen-bond acceptors (Lipinski definition) is 2. The lowest BCUT2D eigenvalue weighted by atomic mass is 10.1. The zero-order chi connectivity index (χ0) is 10.2. The van der Waals surface area contributed by atoms with Crippen molar-refractivity contribution in [2.24, 2.45) is 5.73 Å². The van der Waals surface area contributed by atoms with Crippen LogP contribution < -0.4 is 5.73 Å². The molecule has 14 heavy (non-hydrogen) atoms. The van der Waals surface area contributed by atoms with Gasteiger partial charge in [-0.1, -0.05) is 18.6 Å². The third-order valence-corrected chi connectivity index (χ3v) is 2.86. The predicted molar refractivity (Wildman–Crippen MR) is 62.3 cm³/mol. The molecular weight excluding hydrogens is 172 g/mol. The second-order valence-electron chi connectivity index (χ2n) is 4.13. The van der Waals surface area contributed by atoms with Crippen LogP contribution >= 0.6 is 0 Å². The summed E-state index contributed by atoms with van der Waals surface area (Å²) < 4.78 is 0. The van der Waals surface area contributed by atoms with E-state index in [0.717, 1.165) is 13.0 Å². The molecule has 0 radical (unpaired) electrons. The average molecular weight is 196 g/mol. The third kappa shape index (κ3) is 4.25. The van der Waals surface area contributed by atoms with Gasteiger partial charge in [-0.15, -0.1) is 0 Å². The van der Waals surface area contributed by atoms with Crippen molar-refractivity contribution >= 4 is 0 Å². The summed E-state index contributed by atoms with van der Waals surface area (Å²) >= 11 is 0. The first-order chi connectivity index (χ1) is 6.86. The molecule has 0 aromatic heterocycles. The minimum Gasteiger partial charge on any atom is -0.330 e. The van der Waals surface area contributed by atoms with Gasteiger partial charge in [0.25, 0.3) is 0 Å². The summed E-state index contributed by atoms with van der Waals surface area (Å²) in [5, 5.41) is 0. The van der Waals surface area contributed by atoms with Gasteiger partial charge >= 0.3 is 0 Å². The van der Waals surface area contributed by atoms with Gasteiger partial charge in [0.05, 0.1) is 0 Å². The van der Waals surface area contributed by atoms with Gasteiger partial charge in [-0.3, -0.25) is 0 Å². The highest BCUT2D eigenvalue weighted by Crippen LogP contribution is 2.16. The zero-order valence-corrected chi connectivity index (χ0v) is 9.47. The molecular formula is C12H24N2. The maximum Gasteiger partial charge on any atom is 0.00186 e. The number of likely N-dealkylation sites (tertiary alicyclic amines) is 1. The van der Waals surface area contributed by atoms with Crippen LogP contribution in [0.3, 0.4) is 0 Å². The van der Waals surface area contributed by atoms with Crippen molar-refractivity contribution in [1.82, 2.24) is 4.90 Å². The number of hydrogen-bond donors (Lipinski definition) is 1. The van der Waals surface area contributed by atoms with Crippen molar-refractivity contribution < 1.29 is 0 Å². The molecule has 0 saturated carbocycles. The van der Waals surface area contributed by atoms with Crippen LogP contribution in [0.15, 0.2) is 11.6 Å². The zero-order valence-electron chi connectivity index (χ0n) is 9.47. The van der Waals surface area contributed by atoms with Gasteiger partial charge in [-0.05, 0) is 51.7 Å². The number of rotatable bonds is 4. The highest BCUT2D eigenvalue weighted by Gasteiger charge is 2.10.